The molecule has 0 N–H and O–H groups in total. The molecule has 1 heterocycles. The van der Waals surface area contributed by atoms with Crippen molar-refractivity contribution < 1.29 is 1.37 Å². The van der Waals surface area contributed by atoms with E-state index in [2.05, 4.69) is 24.3 Å². The van der Waals surface area contributed by atoms with Gasteiger partial charge in [-0.2, -0.15) is 0 Å². The molecule has 1 heteroatoms. The van der Waals surface area contributed by atoms with Crippen LogP contribution in [0.4, 0.5) is 0 Å². The lowest BCUT2D eigenvalue weighted by atomic mass is 10.2. The van der Waals surface area contributed by atoms with E-state index in [-0.39, 0.29) is 0 Å². The highest BCUT2D eigenvalue weighted by molar-refractivity contribution is 7.25. The van der Waals surface area contributed by atoms with Gasteiger partial charge in [0.05, 0.1) is 1.37 Å². The van der Waals surface area contributed by atoms with Gasteiger partial charge in [-0.05, 0) is 12.1 Å². The maximum absolute atomic E-state index is 7.56. The van der Waals surface area contributed by atoms with Crippen LogP contribution in [-0.4, -0.2) is 0 Å². The molecule has 0 amide bonds. The second-order valence-corrected chi connectivity index (χ2v) is 4.10. The van der Waals surface area contributed by atoms with Gasteiger partial charge >= 0.3 is 0 Å². The van der Waals surface area contributed by atoms with E-state index < -0.39 is 0 Å². The first-order chi connectivity index (χ1) is 6.84. The van der Waals surface area contributed by atoms with Gasteiger partial charge in [0.15, 0.2) is 0 Å². The minimum atomic E-state index is 0.587. The number of hydrogen-bond acceptors (Lipinski definition) is 1. The standard InChI is InChI=1S/C12H8S/c1-3-7-11-9(5-1)10-6-2-4-8-12(10)13-11/h1-8H/i3D. The van der Waals surface area contributed by atoms with Crippen molar-refractivity contribution >= 4 is 31.5 Å². The first kappa shape index (κ1) is 6.17. The van der Waals surface area contributed by atoms with E-state index in [1.165, 1.54) is 20.2 Å². The largest absolute Gasteiger partial charge is 0.135 e. The molecule has 1 aromatic heterocycles. The van der Waals surface area contributed by atoms with Gasteiger partial charge in [-0.25, -0.2) is 0 Å². The van der Waals surface area contributed by atoms with Crippen molar-refractivity contribution in [2.45, 2.75) is 0 Å². The van der Waals surface area contributed by atoms with Crippen LogP contribution >= 0.6 is 11.3 Å². The molecule has 2 aromatic carbocycles. The summed E-state index contributed by atoms with van der Waals surface area (Å²) in [5.74, 6) is 0. The van der Waals surface area contributed by atoms with Crippen molar-refractivity contribution in [3.63, 3.8) is 0 Å². The average molecular weight is 185 g/mol. The van der Waals surface area contributed by atoms with Crippen molar-refractivity contribution in [3.8, 4) is 0 Å². The molecule has 0 atom stereocenters. The third-order valence-corrected chi connectivity index (χ3v) is 3.36. The summed E-state index contributed by atoms with van der Waals surface area (Å²) in [6.45, 7) is 0. The lowest BCUT2D eigenvalue weighted by Crippen LogP contribution is -1.62. The van der Waals surface area contributed by atoms with Crippen LogP contribution in [0, 0.1) is 0 Å². The SMILES string of the molecule is [2H]c1ccc2c(c1)sc1ccccc12. The molecule has 0 radical (unpaired) electrons. The van der Waals surface area contributed by atoms with Gasteiger partial charge in [0.1, 0.15) is 0 Å². The Hall–Kier alpha value is -1.34. The fourth-order valence-corrected chi connectivity index (χ4v) is 2.71. The summed E-state index contributed by atoms with van der Waals surface area (Å²) in [5.41, 5.74) is 0. The summed E-state index contributed by atoms with van der Waals surface area (Å²) in [6, 6.07) is 14.8. The van der Waals surface area contributed by atoms with E-state index in [4.69, 9.17) is 1.37 Å². The zero-order valence-corrected chi connectivity index (χ0v) is 7.77. The molecule has 0 fully saturated rings. The summed E-state index contributed by atoms with van der Waals surface area (Å²) >= 11 is 1.76. The predicted octanol–water partition coefficient (Wildman–Crippen LogP) is 4.05. The first-order valence-electron chi connectivity index (χ1n) is 4.72. The topological polar surface area (TPSA) is 0 Å². The summed E-state index contributed by atoms with van der Waals surface area (Å²) in [7, 11) is 0. The minimum absolute atomic E-state index is 0.587. The monoisotopic (exact) mass is 185 g/mol. The van der Waals surface area contributed by atoms with Crippen LogP contribution in [0.2, 0.25) is 0 Å². The summed E-state index contributed by atoms with van der Waals surface area (Å²) < 4.78 is 10.1. The van der Waals surface area contributed by atoms with Crippen LogP contribution < -0.4 is 0 Å². The van der Waals surface area contributed by atoms with Crippen molar-refractivity contribution in [2.75, 3.05) is 0 Å². The van der Waals surface area contributed by atoms with Crippen LogP contribution in [0.1, 0.15) is 1.37 Å². The van der Waals surface area contributed by atoms with E-state index in [1.807, 2.05) is 18.2 Å². The highest BCUT2D eigenvalue weighted by Crippen LogP contribution is 2.32. The molecule has 3 rings (SSSR count). The van der Waals surface area contributed by atoms with E-state index in [0.29, 0.717) is 6.04 Å². The van der Waals surface area contributed by atoms with E-state index in [9.17, 15) is 0 Å². The van der Waals surface area contributed by atoms with Gasteiger partial charge < -0.3 is 0 Å². The maximum atomic E-state index is 7.56. The number of hydrogen-bond donors (Lipinski definition) is 0. The molecule has 0 unspecified atom stereocenters. The molecule has 0 aliphatic rings. The number of thiophene rings is 1. The number of rotatable bonds is 0. The Balaban J connectivity index is 2.57. The van der Waals surface area contributed by atoms with Crippen LogP contribution in [-0.2, 0) is 0 Å². The zero-order chi connectivity index (χ0) is 9.54. The Bertz CT molecular complexity index is 610. The molecule has 3 aromatic rings. The molecular formula is C12H8S. The molecule has 62 valence electrons. The van der Waals surface area contributed by atoms with Crippen LogP contribution in [0.5, 0.6) is 0 Å². The highest BCUT2D eigenvalue weighted by atomic mass is 32.1. The summed E-state index contributed by atoms with van der Waals surface area (Å²) in [5, 5.41) is 2.56. The predicted molar refractivity (Wildman–Crippen MR) is 59.3 cm³/mol. The lowest BCUT2D eigenvalue weighted by Gasteiger charge is -1.88. The van der Waals surface area contributed by atoms with Crippen molar-refractivity contribution in [1.29, 1.82) is 0 Å². The number of benzene rings is 2. The van der Waals surface area contributed by atoms with Gasteiger partial charge in [-0.3, -0.25) is 0 Å². The Morgan fingerprint density at radius 1 is 0.846 bits per heavy atom. The van der Waals surface area contributed by atoms with Gasteiger partial charge in [-0.15, -0.1) is 11.3 Å². The van der Waals surface area contributed by atoms with E-state index in [0.717, 1.165) is 0 Å². The summed E-state index contributed by atoms with van der Waals surface area (Å²) in [4.78, 5) is 0. The van der Waals surface area contributed by atoms with Crippen LogP contribution in [0.25, 0.3) is 20.2 Å². The van der Waals surface area contributed by atoms with Crippen LogP contribution in [0.3, 0.4) is 0 Å². The second kappa shape index (κ2) is 2.57. The maximum Gasteiger partial charge on any atom is 0.0623 e. The van der Waals surface area contributed by atoms with Crippen LogP contribution in [0.15, 0.2) is 48.5 Å². The quantitative estimate of drug-likeness (QED) is 0.495. The Kier molecular flexibility index (Phi) is 1.22. The Morgan fingerprint density at radius 2 is 1.54 bits per heavy atom. The Labute approximate surface area is 81.8 Å². The molecule has 0 saturated heterocycles. The van der Waals surface area contributed by atoms with Crippen molar-refractivity contribution in [2.24, 2.45) is 0 Å². The minimum Gasteiger partial charge on any atom is -0.135 e. The van der Waals surface area contributed by atoms with E-state index >= 15 is 0 Å². The average Bonchev–Trinajstić information content (AvgIpc) is 2.54. The molecule has 0 bridgehead atoms. The fourth-order valence-electron chi connectivity index (χ4n) is 1.62. The second-order valence-electron chi connectivity index (χ2n) is 3.02. The molecule has 0 aliphatic heterocycles. The third kappa shape index (κ3) is 0.973. The third-order valence-electron chi connectivity index (χ3n) is 2.22. The highest BCUT2D eigenvalue weighted by Gasteiger charge is 2.01. The fraction of sp³-hybridized carbons (Fsp3) is 0. The summed E-state index contributed by atoms with van der Waals surface area (Å²) in [6.07, 6.45) is 0. The first-order valence-corrected chi connectivity index (χ1v) is 5.04. The molecular weight excluding hydrogens is 176 g/mol. The lowest BCUT2D eigenvalue weighted by molar-refractivity contribution is 1.84. The van der Waals surface area contributed by atoms with Gasteiger partial charge in [0.25, 0.3) is 0 Å². The zero-order valence-electron chi connectivity index (χ0n) is 7.95. The molecule has 0 nitrogen and oxygen atoms in total. The Morgan fingerprint density at radius 3 is 2.46 bits per heavy atom. The normalized spacial score (nSPS) is 12.2. The van der Waals surface area contributed by atoms with Gasteiger partial charge in [0, 0.05) is 20.2 Å². The molecule has 0 spiro atoms. The van der Waals surface area contributed by atoms with Crippen molar-refractivity contribution in [3.05, 3.63) is 48.5 Å². The van der Waals surface area contributed by atoms with Crippen molar-refractivity contribution in [1.82, 2.24) is 0 Å². The molecule has 13 heavy (non-hydrogen) atoms. The molecule has 0 aliphatic carbocycles. The smallest absolute Gasteiger partial charge is 0.0623 e. The number of fused-ring (bicyclic) bond motifs is 3. The van der Waals surface area contributed by atoms with Gasteiger partial charge in [-0.1, -0.05) is 36.4 Å². The van der Waals surface area contributed by atoms with Gasteiger partial charge in [0.2, 0.25) is 0 Å². The van der Waals surface area contributed by atoms with E-state index in [1.54, 1.807) is 11.3 Å². The molecule has 0 saturated carbocycles.